The van der Waals surface area contributed by atoms with Crippen molar-refractivity contribution >= 4 is 17.4 Å². The summed E-state index contributed by atoms with van der Waals surface area (Å²) in [5.41, 5.74) is 0. The first-order valence-corrected chi connectivity index (χ1v) is 5.89. The zero-order valence-corrected chi connectivity index (χ0v) is 9.67. The summed E-state index contributed by atoms with van der Waals surface area (Å²) >= 11 is 5.67. The third-order valence-electron chi connectivity index (χ3n) is 3.11. The van der Waals surface area contributed by atoms with E-state index in [1.165, 1.54) is 25.7 Å². The molecule has 1 aromatic heterocycles. The van der Waals surface area contributed by atoms with Crippen molar-refractivity contribution in [2.45, 2.75) is 38.6 Å². The van der Waals surface area contributed by atoms with Crippen LogP contribution in [0.5, 0.6) is 0 Å². The molecule has 1 unspecified atom stereocenters. The van der Waals surface area contributed by atoms with Gasteiger partial charge in [-0.3, -0.25) is 0 Å². The fourth-order valence-corrected chi connectivity index (χ4v) is 2.30. The molecule has 1 saturated carbocycles. The van der Waals surface area contributed by atoms with Gasteiger partial charge in [-0.1, -0.05) is 24.4 Å². The summed E-state index contributed by atoms with van der Waals surface area (Å²) < 4.78 is 0. The Labute approximate surface area is 95.2 Å². The third-order valence-corrected chi connectivity index (χ3v) is 3.32. The minimum Gasteiger partial charge on any atom is -0.366 e. The van der Waals surface area contributed by atoms with Gasteiger partial charge in [0.15, 0.2) is 5.15 Å². The Morgan fingerprint density at radius 2 is 2.07 bits per heavy atom. The van der Waals surface area contributed by atoms with E-state index in [4.69, 9.17) is 11.6 Å². The van der Waals surface area contributed by atoms with Crippen molar-refractivity contribution in [2.24, 2.45) is 5.92 Å². The van der Waals surface area contributed by atoms with E-state index in [2.05, 4.69) is 22.4 Å². The summed E-state index contributed by atoms with van der Waals surface area (Å²) in [6, 6.07) is 4.11. The SMILES string of the molecule is CC(Nc1ccc(Cl)nn1)C1CCCC1. The summed E-state index contributed by atoms with van der Waals surface area (Å²) in [4.78, 5) is 0. The van der Waals surface area contributed by atoms with Gasteiger partial charge in [-0.2, -0.15) is 0 Å². The lowest BCUT2D eigenvalue weighted by molar-refractivity contribution is 0.480. The predicted molar refractivity (Wildman–Crippen MR) is 62.1 cm³/mol. The Hall–Kier alpha value is -0.830. The van der Waals surface area contributed by atoms with Crippen molar-refractivity contribution in [3.63, 3.8) is 0 Å². The van der Waals surface area contributed by atoms with Gasteiger partial charge >= 0.3 is 0 Å². The first-order valence-electron chi connectivity index (χ1n) is 5.51. The average Bonchev–Trinajstić information content (AvgIpc) is 2.74. The molecule has 0 amide bonds. The zero-order chi connectivity index (χ0) is 10.7. The van der Waals surface area contributed by atoms with Crippen molar-refractivity contribution in [3.05, 3.63) is 17.3 Å². The number of halogens is 1. The summed E-state index contributed by atoms with van der Waals surface area (Å²) in [6.45, 7) is 2.21. The van der Waals surface area contributed by atoms with Crippen LogP contribution in [0.25, 0.3) is 0 Å². The molecule has 0 aromatic carbocycles. The standard InChI is InChI=1S/C11H16ClN3/c1-8(9-4-2-3-5-9)13-11-7-6-10(12)14-15-11/h6-9H,2-5H2,1H3,(H,13,15). The molecule has 1 aliphatic carbocycles. The van der Waals surface area contributed by atoms with Crippen LogP contribution in [0.15, 0.2) is 12.1 Å². The highest BCUT2D eigenvalue weighted by atomic mass is 35.5. The number of hydrogen-bond donors (Lipinski definition) is 1. The lowest BCUT2D eigenvalue weighted by Gasteiger charge is -2.20. The largest absolute Gasteiger partial charge is 0.366 e. The minimum atomic E-state index is 0.439. The number of aromatic nitrogens is 2. The van der Waals surface area contributed by atoms with Gasteiger partial charge in [0, 0.05) is 6.04 Å². The van der Waals surface area contributed by atoms with Crippen LogP contribution in [0.4, 0.5) is 5.82 Å². The molecule has 1 aliphatic rings. The molecule has 0 spiro atoms. The normalized spacial score (nSPS) is 19.1. The van der Waals surface area contributed by atoms with Crippen LogP contribution < -0.4 is 5.32 Å². The number of rotatable bonds is 3. The van der Waals surface area contributed by atoms with Crippen LogP contribution in [0.2, 0.25) is 5.15 Å². The Balaban J connectivity index is 1.92. The summed E-state index contributed by atoms with van der Waals surface area (Å²) in [6.07, 6.45) is 5.39. The molecule has 1 atom stereocenters. The molecule has 1 N–H and O–H groups in total. The molecule has 0 bridgehead atoms. The Bertz CT molecular complexity index is 306. The molecule has 2 rings (SSSR count). The third kappa shape index (κ3) is 2.81. The second kappa shape index (κ2) is 4.79. The van der Waals surface area contributed by atoms with E-state index in [9.17, 15) is 0 Å². The van der Waals surface area contributed by atoms with Crippen LogP contribution in [0, 0.1) is 5.92 Å². The molecule has 0 radical (unpaired) electrons. The average molecular weight is 226 g/mol. The van der Waals surface area contributed by atoms with Crippen molar-refractivity contribution in [1.82, 2.24) is 10.2 Å². The highest BCUT2D eigenvalue weighted by Crippen LogP contribution is 2.28. The maximum absolute atomic E-state index is 5.67. The van der Waals surface area contributed by atoms with Crippen molar-refractivity contribution in [1.29, 1.82) is 0 Å². The highest BCUT2D eigenvalue weighted by Gasteiger charge is 2.21. The maximum Gasteiger partial charge on any atom is 0.151 e. The van der Waals surface area contributed by atoms with Gasteiger partial charge in [0.1, 0.15) is 5.82 Å². The van der Waals surface area contributed by atoms with E-state index < -0.39 is 0 Å². The van der Waals surface area contributed by atoms with E-state index in [0.29, 0.717) is 11.2 Å². The molecule has 15 heavy (non-hydrogen) atoms. The molecule has 0 saturated heterocycles. The minimum absolute atomic E-state index is 0.439. The van der Waals surface area contributed by atoms with E-state index in [1.54, 1.807) is 6.07 Å². The molecule has 1 fully saturated rings. The maximum atomic E-state index is 5.67. The molecule has 3 nitrogen and oxygen atoms in total. The Morgan fingerprint density at radius 1 is 1.33 bits per heavy atom. The fraction of sp³-hybridized carbons (Fsp3) is 0.636. The number of hydrogen-bond acceptors (Lipinski definition) is 3. The van der Waals surface area contributed by atoms with Gasteiger partial charge in [-0.25, -0.2) is 0 Å². The quantitative estimate of drug-likeness (QED) is 0.859. The second-order valence-corrected chi connectivity index (χ2v) is 4.61. The first kappa shape index (κ1) is 10.7. The molecule has 0 aliphatic heterocycles. The number of nitrogens with zero attached hydrogens (tertiary/aromatic N) is 2. The van der Waals surface area contributed by atoms with Crippen LogP contribution in [-0.4, -0.2) is 16.2 Å². The topological polar surface area (TPSA) is 37.8 Å². The molecule has 4 heteroatoms. The van der Waals surface area contributed by atoms with Gasteiger partial charge in [-0.15, -0.1) is 10.2 Å². The zero-order valence-electron chi connectivity index (χ0n) is 8.91. The lowest BCUT2D eigenvalue weighted by Crippen LogP contribution is -2.24. The van der Waals surface area contributed by atoms with Gasteiger partial charge in [0.25, 0.3) is 0 Å². The highest BCUT2D eigenvalue weighted by molar-refractivity contribution is 6.29. The number of nitrogens with one attached hydrogen (secondary N) is 1. The summed E-state index contributed by atoms with van der Waals surface area (Å²) in [5.74, 6) is 1.60. The molecule has 1 heterocycles. The monoisotopic (exact) mass is 225 g/mol. The smallest absolute Gasteiger partial charge is 0.151 e. The molecular weight excluding hydrogens is 210 g/mol. The van der Waals surface area contributed by atoms with E-state index in [-0.39, 0.29) is 0 Å². The van der Waals surface area contributed by atoms with Gasteiger partial charge in [0.2, 0.25) is 0 Å². The Morgan fingerprint density at radius 3 is 2.67 bits per heavy atom. The summed E-state index contributed by atoms with van der Waals surface area (Å²) in [5, 5.41) is 11.6. The lowest BCUT2D eigenvalue weighted by atomic mass is 10.00. The first-order chi connectivity index (χ1) is 7.25. The van der Waals surface area contributed by atoms with Gasteiger partial charge in [-0.05, 0) is 37.8 Å². The predicted octanol–water partition coefficient (Wildman–Crippen LogP) is 3.12. The molecule has 1 aromatic rings. The number of anilines is 1. The van der Waals surface area contributed by atoms with Crippen LogP contribution in [0.3, 0.4) is 0 Å². The summed E-state index contributed by atoms with van der Waals surface area (Å²) in [7, 11) is 0. The molecular formula is C11H16ClN3. The van der Waals surface area contributed by atoms with Crippen LogP contribution >= 0.6 is 11.6 Å². The van der Waals surface area contributed by atoms with E-state index >= 15 is 0 Å². The van der Waals surface area contributed by atoms with Gasteiger partial charge in [0.05, 0.1) is 0 Å². The van der Waals surface area contributed by atoms with Crippen LogP contribution in [-0.2, 0) is 0 Å². The fourth-order valence-electron chi connectivity index (χ4n) is 2.20. The second-order valence-electron chi connectivity index (χ2n) is 4.22. The van der Waals surface area contributed by atoms with Crippen LogP contribution in [0.1, 0.15) is 32.6 Å². The Kier molecular flexibility index (Phi) is 3.41. The van der Waals surface area contributed by atoms with Crippen molar-refractivity contribution in [2.75, 3.05) is 5.32 Å². The molecule has 82 valence electrons. The van der Waals surface area contributed by atoms with E-state index in [1.807, 2.05) is 6.07 Å². The van der Waals surface area contributed by atoms with Gasteiger partial charge < -0.3 is 5.32 Å². The van der Waals surface area contributed by atoms with Crippen molar-refractivity contribution < 1.29 is 0 Å². The van der Waals surface area contributed by atoms with E-state index in [0.717, 1.165) is 11.7 Å². The van der Waals surface area contributed by atoms with Crippen molar-refractivity contribution in [3.8, 4) is 0 Å².